The highest BCUT2D eigenvalue weighted by Crippen LogP contribution is 2.23. The molecule has 0 saturated heterocycles. The number of esters is 1. The largest absolute Gasteiger partial charge is 0.508 e. The van der Waals surface area contributed by atoms with Crippen molar-refractivity contribution >= 4 is 11.9 Å². The Labute approximate surface area is 138 Å². The molecule has 0 atom stereocenters. The number of nitrogens with one attached hydrogen (secondary N) is 1. The van der Waals surface area contributed by atoms with Crippen LogP contribution in [-0.2, 0) is 16.1 Å². The maximum Gasteiger partial charge on any atom is 0.342 e. The quantitative estimate of drug-likeness (QED) is 0.694. The van der Waals surface area contributed by atoms with E-state index in [2.05, 4.69) is 5.32 Å². The van der Waals surface area contributed by atoms with Crippen LogP contribution in [0.2, 0.25) is 0 Å². The van der Waals surface area contributed by atoms with Crippen LogP contribution in [0.4, 0.5) is 0 Å². The van der Waals surface area contributed by atoms with Crippen molar-refractivity contribution in [3.63, 3.8) is 0 Å². The molecular weight excluding hydrogens is 314 g/mol. The van der Waals surface area contributed by atoms with Crippen molar-refractivity contribution in [2.75, 3.05) is 13.7 Å². The summed E-state index contributed by atoms with van der Waals surface area (Å²) in [4.78, 5) is 23.5. The molecule has 0 aliphatic carbocycles. The Kier molecular flexibility index (Phi) is 5.62. The van der Waals surface area contributed by atoms with Gasteiger partial charge in [0.2, 0.25) is 0 Å². The fourth-order valence-corrected chi connectivity index (χ4v) is 1.90. The first-order chi connectivity index (χ1) is 11.5. The predicted molar refractivity (Wildman–Crippen MR) is 84.9 cm³/mol. The summed E-state index contributed by atoms with van der Waals surface area (Å²) in [6.45, 7) is -0.194. The highest BCUT2D eigenvalue weighted by molar-refractivity contribution is 5.94. The van der Waals surface area contributed by atoms with E-state index in [-0.39, 0.29) is 17.9 Å². The molecule has 0 unspecified atom stereocenters. The molecule has 2 aromatic carbocycles. The third-order valence-corrected chi connectivity index (χ3v) is 3.18. The van der Waals surface area contributed by atoms with Crippen molar-refractivity contribution in [3.8, 4) is 17.2 Å². The van der Waals surface area contributed by atoms with Crippen molar-refractivity contribution in [3.05, 3.63) is 53.6 Å². The topological polar surface area (TPSA) is 105 Å². The fraction of sp³-hybridized carbons (Fsp3) is 0.176. The molecule has 0 bridgehead atoms. The van der Waals surface area contributed by atoms with Gasteiger partial charge in [-0.15, -0.1) is 0 Å². The van der Waals surface area contributed by atoms with Crippen molar-refractivity contribution in [1.29, 1.82) is 0 Å². The number of phenolic OH excluding ortho intramolecular Hbond substituents is 2. The van der Waals surface area contributed by atoms with E-state index in [9.17, 15) is 14.7 Å². The van der Waals surface area contributed by atoms with Gasteiger partial charge in [-0.05, 0) is 29.8 Å². The van der Waals surface area contributed by atoms with Crippen LogP contribution >= 0.6 is 0 Å². The van der Waals surface area contributed by atoms with E-state index >= 15 is 0 Å². The summed E-state index contributed by atoms with van der Waals surface area (Å²) in [6, 6.07) is 10.6. The molecular formula is C17H17NO6. The van der Waals surface area contributed by atoms with Gasteiger partial charge in [0.05, 0.1) is 7.11 Å². The second-order valence-corrected chi connectivity index (χ2v) is 4.90. The first kappa shape index (κ1) is 17.1. The molecule has 0 aliphatic heterocycles. The zero-order valence-corrected chi connectivity index (χ0v) is 13.0. The maximum atomic E-state index is 11.8. The number of aromatic hydroxyl groups is 2. The molecule has 0 saturated carbocycles. The molecule has 24 heavy (non-hydrogen) atoms. The standard InChI is InChI=1S/C17H17NO6/c1-23-13-5-2-11(3-6-13)9-18-16(21)10-24-17(22)14-7-4-12(19)8-15(14)20/h2-8,19-20H,9-10H2,1H3,(H,18,21). The molecule has 126 valence electrons. The summed E-state index contributed by atoms with van der Waals surface area (Å²) in [7, 11) is 1.57. The minimum absolute atomic E-state index is 0.129. The second kappa shape index (κ2) is 7.87. The van der Waals surface area contributed by atoms with Crippen LogP contribution in [0.3, 0.4) is 0 Å². The minimum atomic E-state index is -0.855. The van der Waals surface area contributed by atoms with E-state index in [0.29, 0.717) is 5.75 Å². The lowest BCUT2D eigenvalue weighted by Crippen LogP contribution is -2.28. The molecule has 0 spiro atoms. The molecule has 7 nitrogen and oxygen atoms in total. The van der Waals surface area contributed by atoms with Gasteiger partial charge < -0.3 is 25.0 Å². The fourth-order valence-electron chi connectivity index (χ4n) is 1.90. The summed E-state index contributed by atoms with van der Waals surface area (Å²) >= 11 is 0. The Hall–Kier alpha value is -3.22. The molecule has 1 amide bonds. The molecule has 2 rings (SSSR count). The number of amides is 1. The highest BCUT2D eigenvalue weighted by Gasteiger charge is 2.14. The van der Waals surface area contributed by atoms with Crippen LogP contribution in [0, 0.1) is 0 Å². The smallest absolute Gasteiger partial charge is 0.342 e. The number of carbonyl (C=O) groups excluding carboxylic acids is 2. The number of phenols is 2. The average Bonchev–Trinajstić information content (AvgIpc) is 2.58. The average molecular weight is 331 g/mol. The second-order valence-electron chi connectivity index (χ2n) is 4.90. The van der Waals surface area contributed by atoms with Crippen LogP contribution in [0.1, 0.15) is 15.9 Å². The van der Waals surface area contributed by atoms with E-state index in [1.807, 2.05) is 0 Å². The van der Waals surface area contributed by atoms with E-state index in [4.69, 9.17) is 14.6 Å². The maximum absolute atomic E-state index is 11.8. The molecule has 0 aliphatic rings. The molecule has 0 heterocycles. The summed E-state index contributed by atoms with van der Waals surface area (Å²) in [5, 5.41) is 21.3. The minimum Gasteiger partial charge on any atom is -0.508 e. The normalized spacial score (nSPS) is 10.0. The van der Waals surface area contributed by atoms with Gasteiger partial charge in [0.15, 0.2) is 6.61 Å². The summed E-state index contributed by atoms with van der Waals surface area (Å²) in [5.74, 6) is -1.21. The van der Waals surface area contributed by atoms with E-state index < -0.39 is 24.2 Å². The van der Waals surface area contributed by atoms with Crippen molar-refractivity contribution in [2.45, 2.75) is 6.54 Å². The van der Waals surface area contributed by atoms with Crippen LogP contribution < -0.4 is 10.1 Å². The monoisotopic (exact) mass is 331 g/mol. The Morgan fingerprint density at radius 2 is 1.79 bits per heavy atom. The number of benzene rings is 2. The SMILES string of the molecule is COc1ccc(CNC(=O)COC(=O)c2ccc(O)cc2O)cc1. The van der Waals surface area contributed by atoms with Crippen LogP contribution in [0.15, 0.2) is 42.5 Å². The third-order valence-electron chi connectivity index (χ3n) is 3.18. The number of rotatable bonds is 6. The molecule has 0 aromatic heterocycles. The number of hydrogen-bond acceptors (Lipinski definition) is 6. The van der Waals surface area contributed by atoms with Gasteiger partial charge in [-0.2, -0.15) is 0 Å². The van der Waals surface area contributed by atoms with Gasteiger partial charge in [0.1, 0.15) is 22.8 Å². The molecule has 2 aromatic rings. The summed E-state index contributed by atoms with van der Waals surface area (Å²) in [6.07, 6.45) is 0. The van der Waals surface area contributed by atoms with E-state index in [0.717, 1.165) is 11.6 Å². The summed E-state index contributed by atoms with van der Waals surface area (Å²) < 4.78 is 9.86. The van der Waals surface area contributed by atoms with E-state index in [1.165, 1.54) is 12.1 Å². The molecule has 0 radical (unpaired) electrons. The first-order valence-corrected chi connectivity index (χ1v) is 7.08. The molecule has 7 heteroatoms. The van der Waals surface area contributed by atoms with E-state index in [1.54, 1.807) is 31.4 Å². The molecule has 3 N–H and O–H groups in total. The summed E-state index contributed by atoms with van der Waals surface area (Å²) in [5.41, 5.74) is 0.738. The van der Waals surface area contributed by atoms with Gasteiger partial charge in [-0.3, -0.25) is 4.79 Å². The van der Waals surface area contributed by atoms with Crippen LogP contribution in [0.5, 0.6) is 17.2 Å². The molecule has 0 fully saturated rings. The Morgan fingerprint density at radius 1 is 1.08 bits per heavy atom. The number of methoxy groups -OCH3 is 1. The van der Waals surface area contributed by atoms with Gasteiger partial charge in [-0.25, -0.2) is 4.79 Å². The predicted octanol–water partition coefficient (Wildman–Crippen LogP) is 1.58. The third kappa shape index (κ3) is 4.64. The van der Waals surface area contributed by atoms with Gasteiger partial charge >= 0.3 is 5.97 Å². The highest BCUT2D eigenvalue weighted by atomic mass is 16.5. The Bertz CT molecular complexity index is 726. The zero-order chi connectivity index (χ0) is 17.5. The van der Waals surface area contributed by atoms with Crippen molar-refractivity contribution in [2.24, 2.45) is 0 Å². The lowest BCUT2D eigenvalue weighted by Gasteiger charge is -2.08. The zero-order valence-electron chi connectivity index (χ0n) is 13.0. The van der Waals surface area contributed by atoms with Crippen LogP contribution in [-0.4, -0.2) is 35.8 Å². The Balaban J connectivity index is 1.80. The lowest BCUT2D eigenvalue weighted by atomic mass is 10.2. The lowest BCUT2D eigenvalue weighted by molar-refractivity contribution is -0.124. The Morgan fingerprint density at radius 3 is 2.42 bits per heavy atom. The van der Waals surface area contributed by atoms with Crippen molar-refractivity contribution < 1.29 is 29.3 Å². The van der Waals surface area contributed by atoms with Gasteiger partial charge in [-0.1, -0.05) is 12.1 Å². The van der Waals surface area contributed by atoms with Gasteiger partial charge in [0.25, 0.3) is 5.91 Å². The number of hydrogen-bond donors (Lipinski definition) is 3. The number of ether oxygens (including phenoxy) is 2. The first-order valence-electron chi connectivity index (χ1n) is 7.08. The van der Waals surface area contributed by atoms with Crippen LogP contribution in [0.25, 0.3) is 0 Å². The van der Waals surface area contributed by atoms with Gasteiger partial charge in [0, 0.05) is 12.6 Å². The number of carbonyl (C=O) groups is 2. The van der Waals surface area contributed by atoms with Crippen molar-refractivity contribution in [1.82, 2.24) is 5.32 Å².